The van der Waals surface area contributed by atoms with Crippen LogP contribution in [0.4, 0.5) is 18.9 Å². The number of esters is 1. The third-order valence-electron chi connectivity index (χ3n) is 4.04. The van der Waals surface area contributed by atoms with E-state index in [9.17, 15) is 22.8 Å². The molecule has 0 bridgehead atoms. The molecule has 0 saturated heterocycles. The molecule has 0 radical (unpaired) electrons. The summed E-state index contributed by atoms with van der Waals surface area (Å²) >= 11 is 0. The molecule has 11 heteroatoms. The van der Waals surface area contributed by atoms with Crippen molar-refractivity contribution in [2.24, 2.45) is 0 Å². The van der Waals surface area contributed by atoms with Gasteiger partial charge in [0.2, 0.25) is 11.7 Å². The number of rotatable bonds is 4. The highest BCUT2D eigenvalue weighted by atomic mass is 19.4. The van der Waals surface area contributed by atoms with Gasteiger partial charge in [-0.05, 0) is 24.3 Å². The number of hydrogen-bond donors (Lipinski definition) is 1. The topological polar surface area (TPSA) is 89.4 Å². The summed E-state index contributed by atoms with van der Waals surface area (Å²) in [6.07, 6.45) is -4.55. The first-order chi connectivity index (χ1) is 12.8. The van der Waals surface area contributed by atoms with Gasteiger partial charge in [-0.1, -0.05) is 0 Å². The summed E-state index contributed by atoms with van der Waals surface area (Å²) in [5.74, 6) is -1.66. The van der Waals surface area contributed by atoms with Crippen LogP contribution >= 0.6 is 0 Å². The van der Waals surface area contributed by atoms with E-state index in [1.54, 1.807) is 17.0 Å². The van der Waals surface area contributed by atoms with E-state index >= 15 is 0 Å². The molecule has 144 valence electrons. The van der Waals surface area contributed by atoms with Crippen molar-refractivity contribution < 1.29 is 27.5 Å². The Kier molecular flexibility index (Phi) is 5.13. The van der Waals surface area contributed by atoms with Crippen molar-refractivity contribution in [2.75, 3.05) is 25.5 Å². The van der Waals surface area contributed by atoms with Gasteiger partial charge in [0.25, 0.3) is 0 Å². The summed E-state index contributed by atoms with van der Waals surface area (Å²) in [4.78, 5) is 25.2. The molecule has 0 unspecified atom stereocenters. The number of fused-ring (bicyclic) bond motifs is 1. The average Bonchev–Trinajstić information content (AvgIpc) is 3.05. The van der Waals surface area contributed by atoms with Gasteiger partial charge >= 0.3 is 12.1 Å². The van der Waals surface area contributed by atoms with E-state index in [0.29, 0.717) is 11.3 Å². The number of benzene rings is 1. The van der Waals surface area contributed by atoms with Crippen LogP contribution in [0.1, 0.15) is 22.0 Å². The van der Waals surface area contributed by atoms with Gasteiger partial charge in [0.05, 0.1) is 25.8 Å². The zero-order valence-electron chi connectivity index (χ0n) is 14.3. The number of alkyl halides is 3. The fourth-order valence-corrected chi connectivity index (χ4v) is 2.76. The summed E-state index contributed by atoms with van der Waals surface area (Å²) in [7, 11) is 1.27. The van der Waals surface area contributed by atoms with Gasteiger partial charge in [0, 0.05) is 18.8 Å². The molecule has 1 aromatic carbocycles. The Hall–Kier alpha value is -2.95. The summed E-state index contributed by atoms with van der Waals surface area (Å²) in [6, 6.07) is 6.16. The second-order valence-corrected chi connectivity index (χ2v) is 5.92. The lowest BCUT2D eigenvalue weighted by Crippen LogP contribution is -2.39. The number of anilines is 1. The van der Waals surface area contributed by atoms with E-state index in [1.165, 1.54) is 19.2 Å². The molecule has 1 aliphatic rings. The molecule has 1 amide bonds. The predicted molar refractivity (Wildman–Crippen MR) is 86.7 cm³/mol. The largest absolute Gasteiger partial charge is 0.465 e. The van der Waals surface area contributed by atoms with Crippen molar-refractivity contribution in [1.29, 1.82) is 0 Å². The van der Waals surface area contributed by atoms with Gasteiger partial charge in [-0.25, -0.2) is 4.79 Å². The maximum absolute atomic E-state index is 12.8. The lowest BCUT2D eigenvalue weighted by Gasteiger charge is -2.27. The van der Waals surface area contributed by atoms with Crippen molar-refractivity contribution in [1.82, 2.24) is 19.7 Å². The molecular weight excluding hydrogens is 367 g/mol. The quantitative estimate of drug-likeness (QED) is 0.806. The van der Waals surface area contributed by atoms with Crippen LogP contribution in [-0.2, 0) is 28.8 Å². The van der Waals surface area contributed by atoms with Gasteiger partial charge in [-0.3, -0.25) is 9.69 Å². The maximum atomic E-state index is 12.8. The minimum atomic E-state index is -4.55. The van der Waals surface area contributed by atoms with E-state index in [4.69, 9.17) is 0 Å². The lowest BCUT2D eigenvalue weighted by molar-refractivity contribution is -0.148. The highest BCUT2D eigenvalue weighted by molar-refractivity contribution is 5.93. The van der Waals surface area contributed by atoms with Gasteiger partial charge < -0.3 is 14.6 Å². The minimum Gasteiger partial charge on any atom is -0.465 e. The molecule has 0 saturated carbocycles. The molecule has 1 aromatic heterocycles. The van der Waals surface area contributed by atoms with Crippen LogP contribution in [0.5, 0.6) is 0 Å². The molecule has 0 atom stereocenters. The summed E-state index contributed by atoms with van der Waals surface area (Å²) < 4.78 is 44.1. The molecule has 0 aliphatic carbocycles. The van der Waals surface area contributed by atoms with Gasteiger partial charge in [0.15, 0.2) is 0 Å². The van der Waals surface area contributed by atoms with Crippen LogP contribution in [0.2, 0.25) is 0 Å². The molecule has 3 rings (SSSR count). The van der Waals surface area contributed by atoms with E-state index in [0.717, 1.165) is 4.57 Å². The van der Waals surface area contributed by atoms with Gasteiger partial charge in [0.1, 0.15) is 5.82 Å². The second-order valence-electron chi connectivity index (χ2n) is 5.92. The monoisotopic (exact) mass is 383 g/mol. The number of nitrogens with zero attached hydrogens (tertiary/aromatic N) is 4. The number of amides is 1. The number of carbonyl (C=O) groups excluding carboxylic acids is 2. The standard InChI is InChI=1S/C16H16F3N5O3/c1-27-14(26)10-2-4-11(5-3-10)20-13(25)9-23-6-7-24-12(8-23)21-22-15(24)16(17,18)19/h2-5H,6-9H2,1H3,(H,20,25). The van der Waals surface area contributed by atoms with E-state index < -0.39 is 18.0 Å². The SMILES string of the molecule is COC(=O)c1ccc(NC(=O)CN2CCn3c(nnc3C(F)(F)F)C2)cc1. The van der Waals surface area contributed by atoms with E-state index in [-0.39, 0.29) is 37.9 Å². The normalized spacial score (nSPS) is 14.5. The van der Waals surface area contributed by atoms with E-state index in [1.807, 2.05) is 0 Å². The zero-order chi connectivity index (χ0) is 19.6. The number of carbonyl (C=O) groups is 2. The van der Waals surface area contributed by atoms with Crippen LogP contribution in [0, 0.1) is 0 Å². The molecule has 1 N–H and O–H groups in total. The lowest BCUT2D eigenvalue weighted by atomic mass is 10.2. The van der Waals surface area contributed by atoms with Crippen molar-refractivity contribution in [3.63, 3.8) is 0 Å². The summed E-state index contributed by atoms with van der Waals surface area (Å²) in [5, 5.41) is 9.45. The summed E-state index contributed by atoms with van der Waals surface area (Å²) in [6.45, 7) is 0.409. The first-order valence-electron chi connectivity index (χ1n) is 7.98. The Morgan fingerprint density at radius 1 is 1.19 bits per heavy atom. The molecule has 2 heterocycles. The van der Waals surface area contributed by atoms with Crippen molar-refractivity contribution in [2.45, 2.75) is 19.3 Å². The van der Waals surface area contributed by atoms with Gasteiger partial charge in [-0.15, -0.1) is 10.2 Å². The highest BCUT2D eigenvalue weighted by Gasteiger charge is 2.39. The maximum Gasteiger partial charge on any atom is 0.451 e. The van der Waals surface area contributed by atoms with Crippen LogP contribution in [-0.4, -0.2) is 51.7 Å². The number of nitrogens with one attached hydrogen (secondary N) is 1. The Morgan fingerprint density at radius 3 is 2.52 bits per heavy atom. The molecule has 0 spiro atoms. The minimum absolute atomic E-state index is 0.00698. The fraction of sp³-hybridized carbons (Fsp3) is 0.375. The smallest absolute Gasteiger partial charge is 0.451 e. The number of methoxy groups -OCH3 is 1. The Morgan fingerprint density at radius 2 is 1.89 bits per heavy atom. The highest BCUT2D eigenvalue weighted by Crippen LogP contribution is 2.29. The zero-order valence-corrected chi connectivity index (χ0v) is 14.3. The molecular formula is C16H16F3N5O3. The van der Waals surface area contributed by atoms with E-state index in [2.05, 4.69) is 20.3 Å². The molecule has 0 fully saturated rings. The Balaban J connectivity index is 1.58. The van der Waals surface area contributed by atoms with Crippen LogP contribution in [0.25, 0.3) is 0 Å². The predicted octanol–water partition coefficient (Wildman–Crippen LogP) is 1.54. The number of hydrogen-bond acceptors (Lipinski definition) is 6. The molecule has 1 aliphatic heterocycles. The number of ether oxygens (including phenoxy) is 1. The van der Waals surface area contributed by atoms with Gasteiger partial charge in [-0.2, -0.15) is 13.2 Å². The fourth-order valence-electron chi connectivity index (χ4n) is 2.76. The number of aromatic nitrogens is 3. The van der Waals surface area contributed by atoms with Crippen molar-refractivity contribution in [3.05, 3.63) is 41.5 Å². The molecule has 27 heavy (non-hydrogen) atoms. The summed E-state index contributed by atoms with van der Waals surface area (Å²) in [5.41, 5.74) is 0.846. The Labute approximate surface area is 151 Å². The van der Waals surface area contributed by atoms with Crippen LogP contribution < -0.4 is 5.32 Å². The van der Waals surface area contributed by atoms with Crippen molar-refractivity contribution in [3.8, 4) is 0 Å². The third kappa shape index (κ3) is 4.25. The average molecular weight is 383 g/mol. The number of halogens is 3. The van der Waals surface area contributed by atoms with Crippen molar-refractivity contribution >= 4 is 17.6 Å². The second kappa shape index (κ2) is 7.35. The third-order valence-corrected chi connectivity index (χ3v) is 4.04. The Bertz CT molecular complexity index is 848. The van der Waals surface area contributed by atoms with Crippen LogP contribution in [0.3, 0.4) is 0 Å². The molecule has 2 aromatic rings. The first kappa shape index (κ1) is 18.8. The first-order valence-corrected chi connectivity index (χ1v) is 7.98. The molecule has 8 nitrogen and oxygen atoms in total. The van der Waals surface area contributed by atoms with Crippen LogP contribution in [0.15, 0.2) is 24.3 Å².